The number of furan rings is 1. The fourth-order valence-corrected chi connectivity index (χ4v) is 4.00. The smallest absolute Gasteiger partial charge is 0.213 e. The molecule has 3 aromatic rings. The molecule has 3 heterocycles. The maximum Gasteiger partial charge on any atom is 0.213 e. The predicted octanol–water partition coefficient (Wildman–Crippen LogP) is 5.94. The summed E-state index contributed by atoms with van der Waals surface area (Å²) in [6.45, 7) is 0. The van der Waals surface area contributed by atoms with Gasteiger partial charge in [0, 0.05) is 27.0 Å². The molecule has 2 aliphatic heterocycles. The largest absolute Gasteiger partial charge is 0.464 e. The first kappa shape index (κ1) is 16.0. The molecule has 0 saturated heterocycles. The average Bonchev–Trinajstić information content (AvgIpc) is 3.32. The topological polar surface area (TPSA) is 38.0 Å². The maximum absolute atomic E-state index is 6.32. The summed E-state index contributed by atoms with van der Waals surface area (Å²) < 4.78 is 12.9. The third kappa shape index (κ3) is 2.63. The van der Waals surface area contributed by atoms with Gasteiger partial charge in [-0.1, -0.05) is 39.7 Å². The van der Waals surface area contributed by atoms with Crippen molar-refractivity contribution in [2.75, 3.05) is 0 Å². The summed E-state index contributed by atoms with van der Waals surface area (Å²) >= 11 is 9.62. The number of rotatable bonds is 2. The van der Waals surface area contributed by atoms with Crippen molar-refractivity contribution < 1.29 is 9.15 Å². The first-order chi connectivity index (χ1) is 12.7. The quantitative estimate of drug-likeness (QED) is 0.506. The van der Waals surface area contributed by atoms with Crippen LogP contribution in [0.3, 0.4) is 0 Å². The van der Waals surface area contributed by atoms with Gasteiger partial charge in [-0.15, -0.1) is 0 Å². The molecule has 2 aliphatic rings. The summed E-state index contributed by atoms with van der Waals surface area (Å²) in [5.41, 5.74) is 3.06. The van der Waals surface area contributed by atoms with E-state index in [1.54, 1.807) is 6.26 Å². The van der Waals surface area contributed by atoms with E-state index in [4.69, 9.17) is 25.9 Å². The molecule has 26 heavy (non-hydrogen) atoms. The highest BCUT2D eigenvalue weighted by Crippen LogP contribution is 2.48. The summed E-state index contributed by atoms with van der Waals surface area (Å²) in [6, 6.07) is 17.7. The fraction of sp³-hybridized carbons (Fsp3) is 0.150. The van der Waals surface area contributed by atoms with E-state index in [-0.39, 0.29) is 12.3 Å². The number of fused-ring (bicyclic) bond motifs is 3. The van der Waals surface area contributed by atoms with E-state index < -0.39 is 0 Å². The predicted molar refractivity (Wildman–Crippen MR) is 103 cm³/mol. The lowest BCUT2D eigenvalue weighted by atomic mass is 9.97. The molecular weight excluding hydrogens is 416 g/mol. The Labute approximate surface area is 164 Å². The zero-order valence-electron chi connectivity index (χ0n) is 13.6. The lowest BCUT2D eigenvalue weighted by Gasteiger charge is -2.38. The Hall–Kier alpha value is -2.24. The second-order valence-electron chi connectivity index (χ2n) is 6.33. The van der Waals surface area contributed by atoms with Gasteiger partial charge >= 0.3 is 0 Å². The van der Waals surface area contributed by atoms with Crippen molar-refractivity contribution in [3.63, 3.8) is 0 Å². The summed E-state index contributed by atoms with van der Waals surface area (Å²) in [6.07, 6.45) is 2.13. The van der Waals surface area contributed by atoms with Crippen molar-refractivity contribution in [1.82, 2.24) is 5.01 Å². The number of benzene rings is 2. The monoisotopic (exact) mass is 428 g/mol. The number of nitrogens with zero attached hydrogens (tertiary/aromatic N) is 2. The van der Waals surface area contributed by atoms with Gasteiger partial charge in [-0.2, -0.15) is 5.10 Å². The van der Waals surface area contributed by atoms with Crippen molar-refractivity contribution in [2.24, 2.45) is 5.10 Å². The van der Waals surface area contributed by atoms with Crippen molar-refractivity contribution in [2.45, 2.75) is 18.7 Å². The Morgan fingerprint density at radius 1 is 1.12 bits per heavy atom. The van der Waals surface area contributed by atoms with Gasteiger partial charge in [-0.3, -0.25) is 0 Å². The Morgan fingerprint density at radius 2 is 1.96 bits per heavy atom. The SMILES string of the molecule is Clc1ccc([C@@H]2Oc3ccc(Br)cc3[C@@H]3CC(c4ccco4)=NN32)cc1. The minimum Gasteiger partial charge on any atom is -0.464 e. The van der Waals surface area contributed by atoms with Crippen molar-refractivity contribution in [1.29, 1.82) is 0 Å². The number of halogens is 2. The molecule has 0 aliphatic carbocycles. The van der Waals surface area contributed by atoms with Crippen LogP contribution < -0.4 is 4.74 Å². The van der Waals surface area contributed by atoms with Crippen LogP contribution in [0.1, 0.15) is 35.6 Å². The summed E-state index contributed by atoms with van der Waals surface area (Å²) in [4.78, 5) is 0. The van der Waals surface area contributed by atoms with Crippen LogP contribution in [0, 0.1) is 0 Å². The van der Waals surface area contributed by atoms with Crippen LogP contribution in [-0.4, -0.2) is 10.7 Å². The van der Waals surface area contributed by atoms with Crippen molar-refractivity contribution in [3.05, 3.63) is 87.2 Å². The number of hydrazone groups is 1. The molecule has 0 amide bonds. The van der Waals surface area contributed by atoms with Gasteiger partial charge in [0.2, 0.25) is 6.23 Å². The molecule has 0 fully saturated rings. The highest BCUT2D eigenvalue weighted by molar-refractivity contribution is 9.10. The minimum absolute atomic E-state index is 0.0945. The lowest BCUT2D eigenvalue weighted by Crippen LogP contribution is -2.33. The molecule has 6 heteroatoms. The minimum atomic E-state index is -0.307. The lowest BCUT2D eigenvalue weighted by molar-refractivity contribution is -0.0190. The van der Waals surface area contributed by atoms with Gasteiger partial charge in [0.1, 0.15) is 17.2 Å². The summed E-state index contributed by atoms with van der Waals surface area (Å²) in [7, 11) is 0. The van der Waals surface area contributed by atoms with Crippen LogP contribution in [0.4, 0.5) is 0 Å². The second kappa shape index (κ2) is 6.18. The van der Waals surface area contributed by atoms with Gasteiger partial charge in [0.05, 0.1) is 12.3 Å². The molecular formula is C20H14BrClN2O2. The number of ether oxygens (including phenoxy) is 1. The maximum atomic E-state index is 6.32. The van der Waals surface area contributed by atoms with Crippen LogP contribution in [0.15, 0.2) is 74.9 Å². The molecule has 1 aromatic heterocycles. The summed E-state index contributed by atoms with van der Waals surface area (Å²) in [5.74, 6) is 1.68. The van der Waals surface area contributed by atoms with E-state index in [9.17, 15) is 0 Å². The van der Waals surface area contributed by atoms with Gasteiger partial charge in [0.25, 0.3) is 0 Å². The van der Waals surface area contributed by atoms with Gasteiger partial charge in [-0.25, -0.2) is 5.01 Å². The van der Waals surface area contributed by atoms with Crippen LogP contribution >= 0.6 is 27.5 Å². The van der Waals surface area contributed by atoms with Crippen LogP contribution in [-0.2, 0) is 0 Å². The van der Waals surface area contributed by atoms with E-state index in [1.807, 2.05) is 53.5 Å². The third-order valence-corrected chi connectivity index (χ3v) is 5.46. The second-order valence-corrected chi connectivity index (χ2v) is 7.68. The first-order valence-corrected chi connectivity index (χ1v) is 9.47. The van der Waals surface area contributed by atoms with E-state index in [1.165, 1.54) is 0 Å². The zero-order valence-corrected chi connectivity index (χ0v) is 15.9. The normalized spacial score (nSPS) is 21.0. The molecule has 0 spiro atoms. The molecule has 0 unspecified atom stereocenters. The standard InChI is InChI=1S/C20H14BrClN2O2/c21-13-5-8-18-15(10-13)17-11-16(19-2-1-9-25-19)23-24(17)20(26-18)12-3-6-14(22)7-4-12/h1-10,17,20H,11H2/t17-,20-/m0/s1. The molecule has 0 N–H and O–H groups in total. The molecule has 4 nitrogen and oxygen atoms in total. The van der Waals surface area contributed by atoms with Crippen LogP contribution in [0.25, 0.3) is 0 Å². The van der Waals surface area contributed by atoms with E-state index in [0.29, 0.717) is 5.02 Å². The molecule has 2 atom stereocenters. The van der Waals surface area contributed by atoms with Gasteiger partial charge in [-0.05, 0) is 42.5 Å². The van der Waals surface area contributed by atoms with Crippen molar-refractivity contribution in [3.8, 4) is 5.75 Å². The van der Waals surface area contributed by atoms with E-state index in [2.05, 4.69) is 22.0 Å². The van der Waals surface area contributed by atoms with E-state index in [0.717, 1.165) is 39.2 Å². The number of hydrogen-bond donors (Lipinski definition) is 0. The first-order valence-electron chi connectivity index (χ1n) is 8.30. The molecule has 0 saturated carbocycles. The Kier molecular flexibility index (Phi) is 3.80. The number of hydrogen-bond acceptors (Lipinski definition) is 4. The molecule has 0 bridgehead atoms. The van der Waals surface area contributed by atoms with Gasteiger partial charge < -0.3 is 9.15 Å². The highest BCUT2D eigenvalue weighted by Gasteiger charge is 2.41. The molecule has 5 rings (SSSR count). The fourth-order valence-electron chi connectivity index (χ4n) is 3.50. The average molecular weight is 430 g/mol. The zero-order chi connectivity index (χ0) is 17.7. The Morgan fingerprint density at radius 3 is 2.73 bits per heavy atom. The molecule has 2 aromatic carbocycles. The van der Waals surface area contributed by atoms with Crippen LogP contribution in [0.5, 0.6) is 5.75 Å². The Bertz CT molecular complexity index is 986. The Balaban J connectivity index is 1.61. The van der Waals surface area contributed by atoms with Crippen LogP contribution in [0.2, 0.25) is 5.02 Å². The van der Waals surface area contributed by atoms with Crippen molar-refractivity contribution >= 4 is 33.2 Å². The molecule has 0 radical (unpaired) electrons. The highest BCUT2D eigenvalue weighted by atomic mass is 79.9. The summed E-state index contributed by atoms with van der Waals surface area (Å²) in [5, 5.41) is 7.57. The molecule has 130 valence electrons. The van der Waals surface area contributed by atoms with Gasteiger partial charge in [0.15, 0.2) is 0 Å². The third-order valence-electron chi connectivity index (χ3n) is 4.71. The van der Waals surface area contributed by atoms with E-state index >= 15 is 0 Å².